The molecule has 1 amide bonds. The molecule has 1 rings (SSSR count). The van der Waals surface area contributed by atoms with Gasteiger partial charge in [-0.3, -0.25) is 0 Å². The van der Waals surface area contributed by atoms with E-state index in [9.17, 15) is 4.79 Å². The number of carboxylic acid groups (broad SMARTS) is 1. The zero-order valence-electron chi connectivity index (χ0n) is 19.8. The highest BCUT2D eigenvalue weighted by molar-refractivity contribution is 6.77. The first-order valence-electron chi connectivity index (χ1n) is 11.2. The van der Waals surface area contributed by atoms with Crippen molar-refractivity contribution in [1.29, 1.82) is 0 Å². The van der Waals surface area contributed by atoms with Crippen LogP contribution in [0.15, 0.2) is 0 Å². The summed E-state index contributed by atoms with van der Waals surface area (Å²) in [6, 6.07) is 0.357. The topological polar surface area (TPSA) is 70.6 Å². The fourth-order valence-electron chi connectivity index (χ4n) is 5.09. The first-order chi connectivity index (χ1) is 12.8. The SMILES string of the molecule is CC(C)[Si](O[C@H]1CC[C@H](NCC(NC(=O)O)C(C)(C)C)CC1)(C(C)C)C(C)C. The molecule has 3 N–H and O–H groups in total. The molecule has 5 nitrogen and oxygen atoms in total. The number of hydrogen-bond acceptors (Lipinski definition) is 3. The molecule has 1 atom stereocenters. The van der Waals surface area contributed by atoms with Crippen LogP contribution in [0.25, 0.3) is 0 Å². The molecule has 6 heteroatoms. The van der Waals surface area contributed by atoms with Gasteiger partial charge in [-0.2, -0.15) is 0 Å². The Balaban J connectivity index is 2.61. The normalized spacial score (nSPS) is 22.7. The maximum Gasteiger partial charge on any atom is 0.404 e. The van der Waals surface area contributed by atoms with Gasteiger partial charge < -0.3 is 20.2 Å². The number of nitrogens with one attached hydrogen (secondary N) is 2. The van der Waals surface area contributed by atoms with Crippen LogP contribution >= 0.6 is 0 Å². The van der Waals surface area contributed by atoms with Crippen LogP contribution in [0.2, 0.25) is 16.6 Å². The molecular formula is C22H46N2O3Si. The fourth-order valence-corrected chi connectivity index (χ4v) is 10.7. The molecule has 0 saturated heterocycles. The third kappa shape index (κ3) is 6.73. The Labute approximate surface area is 174 Å². The summed E-state index contributed by atoms with van der Waals surface area (Å²) in [5.41, 5.74) is 1.76. The maximum absolute atomic E-state index is 11.1. The van der Waals surface area contributed by atoms with Crippen molar-refractivity contribution in [3.63, 3.8) is 0 Å². The van der Waals surface area contributed by atoms with Gasteiger partial charge in [0.15, 0.2) is 0 Å². The highest BCUT2D eigenvalue weighted by Crippen LogP contribution is 2.44. The van der Waals surface area contributed by atoms with Crippen LogP contribution in [0.4, 0.5) is 4.79 Å². The zero-order valence-corrected chi connectivity index (χ0v) is 20.8. The van der Waals surface area contributed by atoms with Crippen molar-refractivity contribution >= 4 is 14.4 Å². The lowest BCUT2D eigenvalue weighted by atomic mass is 9.86. The lowest BCUT2D eigenvalue weighted by Crippen LogP contribution is -2.53. The molecule has 1 unspecified atom stereocenters. The maximum atomic E-state index is 11.1. The molecule has 0 bridgehead atoms. The third-order valence-corrected chi connectivity index (χ3v) is 12.9. The molecule has 0 radical (unpaired) electrons. The molecule has 0 heterocycles. The number of carbonyl (C=O) groups is 1. The van der Waals surface area contributed by atoms with Crippen LogP contribution in [0.1, 0.15) is 88.0 Å². The van der Waals surface area contributed by atoms with Crippen molar-refractivity contribution < 1.29 is 14.3 Å². The Morgan fingerprint density at radius 3 is 1.82 bits per heavy atom. The predicted molar refractivity (Wildman–Crippen MR) is 121 cm³/mol. The summed E-state index contributed by atoms with van der Waals surface area (Å²) in [4.78, 5) is 11.1. The molecule has 1 saturated carbocycles. The van der Waals surface area contributed by atoms with Gasteiger partial charge in [-0.25, -0.2) is 4.79 Å². The molecule has 1 aliphatic carbocycles. The second kappa shape index (κ2) is 10.4. The second-order valence-electron chi connectivity index (χ2n) is 10.7. The highest BCUT2D eigenvalue weighted by atomic mass is 28.4. The van der Waals surface area contributed by atoms with Crippen molar-refractivity contribution in [1.82, 2.24) is 10.6 Å². The minimum atomic E-state index is -1.81. The summed E-state index contributed by atoms with van der Waals surface area (Å²) in [6.07, 6.45) is 3.85. The molecule has 0 aromatic heterocycles. The molecule has 166 valence electrons. The van der Waals surface area contributed by atoms with E-state index in [1.807, 2.05) is 0 Å². The average Bonchev–Trinajstić information content (AvgIpc) is 2.55. The summed E-state index contributed by atoms with van der Waals surface area (Å²) < 4.78 is 6.97. The van der Waals surface area contributed by atoms with E-state index in [2.05, 4.69) is 72.9 Å². The minimum Gasteiger partial charge on any atom is -0.465 e. The smallest absolute Gasteiger partial charge is 0.404 e. The lowest BCUT2D eigenvalue weighted by Gasteiger charge is -2.46. The van der Waals surface area contributed by atoms with Gasteiger partial charge in [-0.05, 0) is 47.7 Å². The van der Waals surface area contributed by atoms with E-state index in [1.54, 1.807) is 0 Å². The van der Waals surface area contributed by atoms with Crippen molar-refractivity contribution in [2.75, 3.05) is 6.54 Å². The Morgan fingerprint density at radius 2 is 1.46 bits per heavy atom. The first-order valence-corrected chi connectivity index (χ1v) is 13.3. The standard InChI is InChI=1S/C22H46N2O3Si/c1-15(2)28(16(3)4,17(5)6)27-19-12-10-18(11-13-19)23-14-20(22(7,8)9)24-21(25)26/h15-20,23-24H,10-14H2,1-9H3,(H,25,26)/t18-,19-,20?. The Hall–Kier alpha value is -0.593. The van der Waals surface area contributed by atoms with Gasteiger partial charge in [0.1, 0.15) is 0 Å². The van der Waals surface area contributed by atoms with Gasteiger partial charge in [-0.1, -0.05) is 62.3 Å². The number of rotatable bonds is 9. The van der Waals surface area contributed by atoms with E-state index in [4.69, 9.17) is 9.53 Å². The van der Waals surface area contributed by atoms with Crippen LogP contribution in [0, 0.1) is 5.41 Å². The number of amides is 1. The molecule has 28 heavy (non-hydrogen) atoms. The Morgan fingerprint density at radius 1 is 1.00 bits per heavy atom. The number of hydrogen-bond donors (Lipinski definition) is 3. The van der Waals surface area contributed by atoms with Crippen LogP contribution < -0.4 is 10.6 Å². The molecule has 0 spiro atoms. The molecule has 0 aromatic carbocycles. The van der Waals surface area contributed by atoms with E-state index >= 15 is 0 Å². The summed E-state index contributed by atoms with van der Waals surface area (Å²) in [6.45, 7) is 21.0. The highest BCUT2D eigenvalue weighted by Gasteiger charge is 2.46. The first kappa shape index (κ1) is 25.4. The van der Waals surface area contributed by atoms with Crippen molar-refractivity contribution in [3.05, 3.63) is 0 Å². The third-order valence-electron chi connectivity index (χ3n) is 6.71. The van der Waals surface area contributed by atoms with Crippen molar-refractivity contribution in [3.8, 4) is 0 Å². The van der Waals surface area contributed by atoms with Gasteiger partial charge >= 0.3 is 6.09 Å². The van der Waals surface area contributed by atoms with Gasteiger partial charge in [0.25, 0.3) is 0 Å². The molecule has 0 aliphatic heterocycles. The quantitative estimate of drug-likeness (QED) is 0.419. The van der Waals surface area contributed by atoms with E-state index in [-0.39, 0.29) is 11.5 Å². The largest absolute Gasteiger partial charge is 0.465 e. The Bertz CT molecular complexity index is 459. The fraction of sp³-hybridized carbons (Fsp3) is 0.955. The molecular weight excluding hydrogens is 368 g/mol. The van der Waals surface area contributed by atoms with Crippen molar-refractivity contribution in [2.45, 2.75) is 123 Å². The summed E-state index contributed by atoms with van der Waals surface area (Å²) in [5, 5.41) is 15.4. The summed E-state index contributed by atoms with van der Waals surface area (Å²) >= 11 is 0. The monoisotopic (exact) mass is 414 g/mol. The van der Waals surface area contributed by atoms with Crippen molar-refractivity contribution in [2.24, 2.45) is 5.41 Å². The molecule has 1 aliphatic rings. The van der Waals surface area contributed by atoms with Gasteiger partial charge in [-0.15, -0.1) is 0 Å². The van der Waals surface area contributed by atoms with Crippen LogP contribution in [0.3, 0.4) is 0 Å². The molecule has 0 aromatic rings. The van der Waals surface area contributed by atoms with Gasteiger partial charge in [0, 0.05) is 24.7 Å². The lowest BCUT2D eigenvalue weighted by molar-refractivity contribution is 0.116. The molecule has 1 fully saturated rings. The van der Waals surface area contributed by atoms with E-state index < -0.39 is 14.4 Å². The van der Waals surface area contributed by atoms with Crippen LogP contribution in [-0.2, 0) is 4.43 Å². The predicted octanol–water partition coefficient (Wildman–Crippen LogP) is 5.76. The van der Waals surface area contributed by atoms with E-state index in [0.717, 1.165) is 25.7 Å². The van der Waals surface area contributed by atoms with Gasteiger partial charge in [0.05, 0.1) is 0 Å². The van der Waals surface area contributed by atoms with Crippen LogP contribution in [0.5, 0.6) is 0 Å². The average molecular weight is 415 g/mol. The minimum absolute atomic E-state index is 0.0955. The summed E-state index contributed by atoms with van der Waals surface area (Å²) in [5.74, 6) is 0. The van der Waals surface area contributed by atoms with Gasteiger partial charge in [0.2, 0.25) is 8.32 Å². The Kier molecular flexibility index (Phi) is 9.49. The van der Waals surface area contributed by atoms with E-state index in [1.165, 1.54) is 0 Å². The second-order valence-corrected chi connectivity index (χ2v) is 16.1. The van der Waals surface area contributed by atoms with E-state index in [0.29, 0.717) is 35.3 Å². The summed E-state index contributed by atoms with van der Waals surface area (Å²) in [7, 11) is -1.81. The van der Waals surface area contributed by atoms with Crippen LogP contribution in [-0.4, -0.2) is 44.2 Å². The zero-order chi connectivity index (χ0) is 21.7.